The summed E-state index contributed by atoms with van der Waals surface area (Å²) in [5.74, 6) is -1.70. The summed E-state index contributed by atoms with van der Waals surface area (Å²) in [4.78, 5) is 11.8. The first-order chi connectivity index (χ1) is 11.5. The minimum absolute atomic E-state index is 0. The minimum atomic E-state index is -0.642. The number of carbonyl (C=O) groups is 1. The Kier molecular flexibility index (Phi) is 8.83. The van der Waals surface area contributed by atoms with Crippen molar-refractivity contribution in [2.45, 2.75) is 25.9 Å². The average molecular weight is 390 g/mol. The van der Waals surface area contributed by atoms with E-state index < -0.39 is 23.6 Å². The van der Waals surface area contributed by atoms with Crippen LogP contribution in [-0.2, 0) is 16.1 Å². The van der Waals surface area contributed by atoms with Gasteiger partial charge in [-0.25, -0.2) is 8.78 Å². The molecule has 136 valence electrons. The Bertz CT molecular complexity index is 693. The van der Waals surface area contributed by atoms with Crippen LogP contribution in [0.3, 0.4) is 0 Å². The van der Waals surface area contributed by atoms with Crippen molar-refractivity contribution in [3.8, 4) is 0 Å². The van der Waals surface area contributed by atoms with Crippen LogP contribution < -0.4 is 5.32 Å². The molecule has 0 aromatic heterocycles. The molecule has 0 aliphatic heterocycles. The van der Waals surface area contributed by atoms with Crippen molar-refractivity contribution in [2.75, 3.05) is 6.61 Å². The number of ether oxygens (including phenoxy) is 1. The summed E-state index contributed by atoms with van der Waals surface area (Å²) < 4.78 is 32.5. The van der Waals surface area contributed by atoms with Crippen LogP contribution in [0.5, 0.6) is 0 Å². The minimum Gasteiger partial charge on any atom is -0.466 e. The molecule has 0 radical (unpaired) electrons. The summed E-state index contributed by atoms with van der Waals surface area (Å²) >= 11 is 6.18. The summed E-state index contributed by atoms with van der Waals surface area (Å²) in [6.45, 7) is 1.90. The van der Waals surface area contributed by atoms with E-state index in [1.807, 2.05) is 0 Å². The molecule has 0 saturated carbocycles. The van der Waals surface area contributed by atoms with Crippen LogP contribution >= 0.6 is 24.0 Å². The molecule has 0 heterocycles. The fourth-order valence-electron chi connectivity index (χ4n) is 2.36. The molecule has 0 spiro atoms. The fraction of sp³-hybridized carbons (Fsp3) is 0.278. The molecular formula is C18H19Cl2F2NO2. The Hall–Kier alpha value is -1.69. The smallest absolute Gasteiger partial charge is 0.307 e. The summed E-state index contributed by atoms with van der Waals surface area (Å²) in [5, 5.41) is 3.46. The van der Waals surface area contributed by atoms with Gasteiger partial charge in [-0.2, -0.15) is 0 Å². The van der Waals surface area contributed by atoms with E-state index in [-0.39, 0.29) is 37.5 Å². The molecule has 25 heavy (non-hydrogen) atoms. The van der Waals surface area contributed by atoms with Gasteiger partial charge < -0.3 is 10.1 Å². The number of benzene rings is 2. The second kappa shape index (κ2) is 10.3. The Morgan fingerprint density at radius 3 is 2.40 bits per heavy atom. The van der Waals surface area contributed by atoms with Gasteiger partial charge in [0, 0.05) is 23.2 Å². The third-order valence-corrected chi connectivity index (χ3v) is 3.89. The van der Waals surface area contributed by atoms with Crippen LogP contribution in [0.2, 0.25) is 5.02 Å². The molecule has 0 bridgehead atoms. The third kappa shape index (κ3) is 5.96. The molecule has 0 aliphatic carbocycles. The summed E-state index contributed by atoms with van der Waals surface area (Å²) in [5.41, 5.74) is 0.586. The highest BCUT2D eigenvalue weighted by Gasteiger charge is 2.20. The lowest BCUT2D eigenvalue weighted by Crippen LogP contribution is -2.25. The zero-order valence-electron chi connectivity index (χ0n) is 13.6. The van der Waals surface area contributed by atoms with E-state index >= 15 is 0 Å². The second-order valence-electron chi connectivity index (χ2n) is 5.16. The molecule has 1 N–H and O–H groups in total. The maximum absolute atomic E-state index is 13.8. The maximum Gasteiger partial charge on any atom is 0.307 e. The number of nitrogens with one attached hydrogen (secondary N) is 1. The van der Waals surface area contributed by atoms with Crippen LogP contribution in [0.15, 0.2) is 42.5 Å². The number of halogens is 4. The van der Waals surface area contributed by atoms with Crippen molar-refractivity contribution in [1.82, 2.24) is 5.32 Å². The van der Waals surface area contributed by atoms with Crippen molar-refractivity contribution in [1.29, 1.82) is 0 Å². The van der Waals surface area contributed by atoms with Gasteiger partial charge in [0.15, 0.2) is 0 Å². The fourth-order valence-corrected chi connectivity index (χ4v) is 2.63. The Labute approximate surface area is 156 Å². The van der Waals surface area contributed by atoms with Crippen molar-refractivity contribution in [2.24, 2.45) is 0 Å². The quantitative estimate of drug-likeness (QED) is 0.689. The van der Waals surface area contributed by atoms with Gasteiger partial charge in [-0.3, -0.25) is 4.79 Å². The Morgan fingerprint density at radius 2 is 1.80 bits per heavy atom. The number of esters is 1. The topological polar surface area (TPSA) is 38.3 Å². The van der Waals surface area contributed by atoms with Crippen molar-refractivity contribution < 1.29 is 18.3 Å². The average Bonchev–Trinajstić information content (AvgIpc) is 2.54. The van der Waals surface area contributed by atoms with Gasteiger partial charge in [0.1, 0.15) is 11.6 Å². The van der Waals surface area contributed by atoms with E-state index in [1.54, 1.807) is 31.2 Å². The Morgan fingerprint density at radius 1 is 1.16 bits per heavy atom. The normalized spacial score (nSPS) is 11.5. The zero-order chi connectivity index (χ0) is 17.5. The van der Waals surface area contributed by atoms with E-state index in [2.05, 4.69) is 5.32 Å². The van der Waals surface area contributed by atoms with E-state index in [4.69, 9.17) is 16.3 Å². The largest absolute Gasteiger partial charge is 0.466 e. The predicted octanol–water partition coefficient (Wildman–Crippen LogP) is 4.82. The van der Waals surface area contributed by atoms with Gasteiger partial charge in [0.05, 0.1) is 13.0 Å². The lowest BCUT2D eigenvalue weighted by molar-refractivity contribution is -0.143. The van der Waals surface area contributed by atoms with Gasteiger partial charge in [0.25, 0.3) is 0 Å². The van der Waals surface area contributed by atoms with Crippen molar-refractivity contribution in [3.05, 3.63) is 70.2 Å². The molecule has 7 heteroatoms. The standard InChI is InChI=1S/C18H18ClF2NO2.ClH/c1-2-24-18(23)10-17(12-6-3-4-7-14(12)19)22-11-13-15(20)8-5-9-16(13)21;/h3-9,17,22H,2,10-11H2,1H3;1H. The second-order valence-corrected chi connectivity index (χ2v) is 5.57. The van der Waals surface area contributed by atoms with Crippen LogP contribution in [-0.4, -0.2) is 12.6 Å². The van der Waals surface area contributed by atoms with Gasteiger partial charge in [-0.1, -0.05) is 35.9 Å². The van der Waals surface area contributed by atoms with Crippen LogP contribution in [0, 0.1) is 11.6 Å². The van der Waals surface area contributed by atoms with Crippen LogP contribution in [0.4, 0.5) is 8.78 Å². The molecule has 0 fully saturated rings. The van der Waals surface area contributed by atoms with Gasteiger partial charge in [-0.15, -0.1) is 12.4 Å². The van der Waals surface area contributed by atoms with E-state index in [0.717, 1.165) is 0 Å². The van der Waals surface area contributed by atoms with E-state index in [9.17, 15) is 13.6 Å². The Balaban J connectivity index is 0.00000312. The SMILES string of the molecule is CCOC(=O)CC(NCc1c(F)cccc1F)c1ccccc1Cl.Cl. The summed E-state index contributed by atoms with van der Waals surface area (Å²) in [6.07, 6.45) is 0.00758. The predicted molar refractivity (Wildman–Crippen MR) is 95.9 cm³/mol. The number of hydrogen-bond donors (Lipinski definition) is 1. The molecular weight excluding hydrogens is 371 g/mol. The highest BCUT2D eigenvalue weighted by atomic mass is 35.5. The molecule has 2 aromatic carbocycles. The highest BCUT2D eigenvalue weighted by Crippen LogP contribution is 2.26. The zero-order valence-corrected chi connectivity index (χ0v) is 15.2. The summed E-state index contributed by atoms with van der Waals surface area (Å²) in [6, 6.07) is 10.2. The number of hydrogen-bond acceptors (Lipinski definition) is 3. The van der Waals surface area contributed by atoms with E-state index in [1.165, 1.54) is 18.2 Å². The molecule has 2 aromatic rings. The number of rotatable bonds is 7. The van der Waals surface area contributed by atoms with E-state index in [0.29, 0.717) is 10.6 Å². The molecule has 1 unspecified atom stereocenters. The first kappa shape index (κ1) is 21.4. The van der Waals surface area contributed by atoms with Gasteiger partial charge in [-0.05, 0) is 30.7 Å². The third-order valence-electron chi connectivity index (χ3n) is 3.54. The molecule has 1 atom stereocenters. The van der Waals surface area contributed by atoms with Gasteiger partial charge >= 0.3 is 5.97 Å². The molecule has 0 amide bonds. The lowest BCUT2D eigenvalue weighted by atomic mass is 10.0. The molecule has 2 rings (SSSR count). The van der Waals surface area contributed by atoms with Crippen molar-refractivity contribution >= 4 is 30.0 Å². The molecule has 0 saturated heterocycles. The first-order valence-electron chi connectivity index (χ1n) is 7.59. The maximum atomic E-state index is 13.8. The molecule has 0 aliphatic rings. The monoisotopic (exact) mass is 389 g/mol. The van der Waals surface area contributed by atoms with Crippen molar-refractivity contribution in [3.63, 3.8) is 0 Å². The van der Waals surface area contributed by atoms with Crippen LogP contribution in [0.25, 0.3) is 0 Å². The highest BCUT2D eigenvalue weighted by molar-refractivity contribution is 6.31. The van der Waals surface area contributed by atoms with Crippen LogP contribution in [0.1, 0.15) is 30.5 Å². The van der Waals surface area contributed by atoms with Gasteiger partial charge in [0.2, 0.25) is 0 Å². The lowest BCUT2D eigenvalue weighted by Gasteiger charge is -2.20. The summed E-state index contributed by atoms with van der Waals surface area (Å²) in [7, 11) is 0. The molecule has 3 nitrogen and oxygen atoms in total. The first-order valence-corrected chi connectivity index (χ1v) is 7.97. The number of carbonyl (C=O) groups excluding carboxylic acids is 1.